The zero-order valence-electron chi connectivity index (χ0n) is 15.1. The summed E-state index contributed by atoms with van der Waals surface area (Å²) in [6.45, 7) is 4.20. The molecule has 142 valence electrons. The number of amides is 1. The van der Waals surface area contributed by atoms with Gasteiger partial charge in [-0.3, -0.25) is 4.79 Å². The largest absolute Gasteiger partial charge is 0.355 e. The smallest absolute Gasteiger partial charge is 0.250 e. The Hall–Kier alpha value is -1.70. The molecule has 0 spiro atoms. The SMILES string of the molecule is CC(C)C(NS(=O)(=O)c1cccs1)C(=O)NCCCCc1ccccc1. The summed E-state index contributed by atoms with van der Waals surface area (Å²) < 4.78 is 27.5. The van der Waals surface area contributed by atoms with Crippen molar-refractivity contribution in [3.63, 3.8) is 0 Å². The third kappa shape index (κ3) is 6.23. The van der Waals surface area contributed by atoms with Gasteiger partial charge in [0.1, 0.15) is 10.3 Å². The van der Waals surface area contributed by atoms with Crippen molar-refractivity contribution in [1.29, 1.82) is 0 Å². The van der Waals surface area contributed by atoms with E-state index in [1.807, 2.05) is 32.0 Å². The van der Waals surface area contributed by atoms with Gasteiger partial charge in [-0.25, -0.2) is 8.42 Å². The van der Waals surface area contributed by atoms with E-state index in [0.29, 0.717) is 6.54 Å². The van der Waals surface area contributed by atoms with Crippen molar-refractivity contribution in [3.8, 4) is 0 Å². The Kier molecular flexibility index (Phi) is 7.81. The molecule has 2 rings (SSSR count). The van der Waals surface area contributed by atoms with Crippen LogP contribution in [-0.4, -0.2) is 26.9 Å². The first kappa shape index (κ1) is 20.6. The lowest BCUT2D eigenvalue weighted by molar-refractivity contribution is -0.123. The van der Waals surface area contributed by atoms with E-state index >= 15 is 0 Å². The van der Waals surface area contributed by atoms with Crippen molar-refractivity contribution in [2.75, 3.05) is 6.54 Å². The average molecular weight is 395 g/mol. The fourth-order valence-electron chi connectivity index (χ4n) is 2.55. The quantitative estimate of drug-likeness (QED) is 0.608. The molecular formula is C19H26N2O3S2. The summed E-state index contributed by atoms with van der Waals surface area (Å²) in [5.74, 6) is -0.422. The molecular weight excluding hydrogens is 368 g/mol. The Morgan fingerprint density at radius 3 is 2.42 bits per heavy atom. The maximum Gasteiger partial charge on any atom is 0.250 e. The van der Waals surface area contributed by atoms with Crippen molar-refractivity contribution >= 4 is 27.3 Å². The number of hydrogen-bond donors (Lipinski definition) is 2. The minimum Gasteiger partial charge on any atom is -0.355 e. The first-order valence-corrected chi connectivity index (χ1v) is 11.1. The summed E-state index contributed by atoms with van der Waals surface area (Å²) in [5, 5.41) is 4.56. The van der Waals surface area contributed by atoms with Crippen LogP contribution in [0.3, 0.4) is 0 Å². The van der Waals surface area contributed by atoms with Gasteiger partial charge in [0, 0.05) is 6.54 Å². The maximum atomic E-state index is 12.4. The van der Waals surface area contributed by atoms with Gasteiger partial charge in [-0.1, -0.05) is 50.2 Å². The molecule has 1 atom stereocenters. The standard InChI is InChI=1S/C19H26N2O3S2/c1-15(2)18(21-26(23,24)17-12-8-14-25-17)19(22)20-13-7-6-11-16-9-4-3-5-10-16/h3-5,8-10,12,14-15,18,21H,6-7,11,13H2,1-2H3,(H,20,22). The summed E-state index contributed by atoms with van der Waals surface area (Å²) in [5.41, 5.74) is 1.28. The van der Waals surface area contributed by atoms with Gasteiger partial charge in [0.2, 0.25) is 5.91 Å². The van der Waals surface area contributed by atoms with Crippen molar-refractivity contribution in [2.24, 2.45) is 5.92 Å². The topological polar surface area (TPSA) is 75.3 Å². The van der Waals surface area contributed by atoms with Crippen LogP contribution < -0.4 is 10.0 Å². The van der Waals surface area contributed by atoms with Gasteiger partial charge in [0.25, 0.3) is 10.0 Å². The fraction of sp³-hybridized carbons (Fsp3) is 0.421. The molecule has 0 saturated heterocycles. The van der Waals surface area contributed by atoms with E-state index in [1.165, 1.54) is 11.6 Å². The molecule has 0 aliphatic rings. The number of benzene rings is 1. The molecule has 1 aromatic heterocycles. The van der Waals surface area contributed by atoms with Gasteiger partial charge in [-0.15, -0.1) is 11.3 Å². The molecule has 26 heavy (non-hydrogen) atoms. The van der Waals surface area contributed by atoms with Crippen LogP contribution >= 0.6 is 11.3 Å². The molecule has 2 aromatic rings. The van der Waals surface area contributed by atoms with Gasteiger partial charge in [-0.05, 0) is 42.2 Å². The number of thiophene rings is 1. The Morgan fingerprint density at radius 2 is 1.81 bits per heavy atom. The van der Waals surface area contributed by atoms with Crippen molar-refractivity contribution < 1.29 is 13.2 Å². The second-order valence-corrected chi connectivity index (χ2v) is 9.40. The van der Waals surface area contributed by atoms with E-state index in [1.54, 1.807) is 11.4 Å². The third-order valence-electron chi connectivity index (χ3n) is 4.03. The van der Waals surface area contributed by atoms with Crippen molar-refractivity contribution in [1.82, 2.24) is 10.0 Å². The van der Waals surface area contributed by atoms with Crippen LogP contribution in [0.2, 0.25) is 0 Å². The summed E-state index contributed by atoms with van der Waals surface area (Å²) in [6, 6.07) is 12.6. The minimum absolute atomic E-state index is 0.144. The van der Waals surface area contributed by atoms with Crippen molar-refractivity contribution in [3.05, 3.63) is 53.4 Å². The summed E-state index contributed by atoms with van der Waals surface area (Å²) >= 11 is 1.14. The van der Waals surface area contributed by atoms with Gasteiger partial charge in [0.05, 0.1) is 0 Å². The van der Waals surface area contributed by atoms with E-state index in [9.17, 15) is 13.2 Å². The molecule has 1 heterocycles. The normalized spacial score (nSPS) is 12.9. The van der Waals surface area contributed by atoms with Gasteiger partial charge in [0.15, 0.2) is 0 Å². The van der Waals surface area contributed by atoms with Crippen LogP contribution in [0.4, 0.5) is 0 Å². The molecule has 0 aliphatic heterocycles. The zero-order valence-corrected chi connectivity index (χ0v) is 16.8. The predicted molar refractivity (Wildman–Crippen MR) is 106 cm³/mol. The molecule has 1 unspecified atom stereocenters. The second kappa shape index (κ2) is 9.85. The highest BCUT2D eigenvalue weighted by molar-refractivity contribution is 7.91. The Bertz CT molecular complexity index is 772. The molecule has 7 heteroatoms. The van der Waals surface area contributed by atoms with Crippen LogP contribution in [0.1, 0.15) is 32.3 Å². The highest BCUT2D eigenvalue weighted by Crippen LogP contribution is 2.17. The van der Waals surface area contributed by atoms with Gasteiger partial charge in [-0.2, -0.15) is 4.72 Å². The summed E-state index contributed by atoms with van der Waals surface area (Å²) in [6.07, 6.45) is 2.79. The minimum atomic E-state index is -3.67. The number of carbonyl (C=O) groups is 1. The third-order valence-corrected chi connectivity index (χ3v) is 6.86. The highest BCUT2D eigenvalue weighted by Gasteiger charge is 2.28. The summed E-state index contributed by atoms with van der Waals surface area (Å²) in [7, 11) is -3.67. The molecule has 0 fully saturated rings. The molecule has 2 N–H and O–H groups in total. The molecule has 0 aliphatic carbocycles. The predicted octanol–water partition coefficient (Wildman–Crippen LogP) is 3.19. The van der Waals surface area contributed by atoms with Crippen molar-refractivity contribution in [2.45, 2.75) is 43.4 Å². The lowest BCUT2D eigenvalue weighted by Gasteiger charge is -2.21. The average Bonchev–Trinajstić information content (AvgIpc) is 3.15. The molecule has 0 bridgehead atoms. The lowest BCUT2D eigenvalue weighted by atomic mass is 10.0. The Balaban J connectivity index is 1.81. The number of unbranched alkanes of at least 4 members (excludes halogenated alkanes) is 1. The monoisotopic (exact) mass is 394 g/mol. The molecule has 0 saturated carbocycles. The Labute approximate surface area is 159 Å². The number of hydrogen-bond acceptors (Lipinski definition) is 4. The highest BCUT2D eigenvalue weighted by atomic mass is 32.2. The van der Waals surface area contributed by atoms with Gasteiger partial charge >= 0.3 is 0 Å². The van der Waals surface area contributed by atoms with E-state index in [-0.39, 0.29) is 16.0 Å². The number of sulfonamides is 1. The van der Waals surface area contributed by atoms with Crippen LogP contribution in [0.5, 0.6) is 0 Å². The van der Waals surface area contributed by atoms with E-state index < -0.39 is 16.1 Å². The second-order valence-electron chi connectivity index (χ2n) is 6.51. The van der Waals surface area contributed by atoms with Crippen LogP contribution in [-0.2, 0) is 21.2 Å². The number of nitrogens with one attached hydrogen (secondary N) is 2. The number of aryl methyl sites for hydroxylation is 1. The maximum absolute atomic E-state index is 12.4. The van der Waals surface area contributed by atoms with Gasteiger partial charge < -0.3 is 5.32 Å². The first-order chi connectivity index (χ1) is 12.4. The molecule has 0 radical (unpaired) electrons. The number of rotatable bonds is 10. The van der Waals surface area contributed by atoms with Crippen LogP contribution in [0.25, 0.3) is 0 Å². The molecule has 1 amide bonds. The Morgan fingerprint density at radius 1 is 1.08 bits per heavy atom. The zero-order chi connectivity index (χ0) is 19.0. The van der Waals surface area contributed by atoms with Crippen LogP contribution in [0, 0.1) is 5.92 Å². The fourth-order valence-corrected chi connectivity index (χ4v) is 4.91. The van der Waals surface area contributed by atoms with E-state index in [2.05, 4.69) is 22.2 Å². The molecule has 1 aromatic carbocycles. The lowest BCUT2D eigenvalue weighted by Crippen LogP contribution is -2.49. The summed E-state index contributed by atoms with van der Waals surface area (Å²) in [4.78, 5) is 12.4. The van der Waals surface area contributed by atoms with Crippen LogP contribution in [0.15, 0.2) is 52.1 Å². The molecule has 5 nitrogen and oxygen atoms in total. The van der Waals surface area contributed by atoms with E-state index in [0.717, 1.165) is 30.6 Å². The number of carbonyl (C=O) groups excluding carboxylic acids is 1. The van der Waals surface area contributed by atoms with E-state index in [4.69, 9.17) is 0 Å². The first-order valence-electron chi connectivity index (χ1n) is 8.77.